The lowest BCUT2D eigenvalue weighted by atomic mass is 9.98. The fourth-order valence-electron chi connectivity index (χ4n) is 1.52. The highest BCUT2D eigenvalue weighted by Crippen LogP contribution is 2.14. The number of rotatable bonds is 2. The molecule has 11 heavy (non-hydrogen) atoms. The molecule has 59 valence electrons. The second-order valence-electron chi connectivity index (χ2n) is 2.81. The van der Waals surface area contributed by atoms with Crippen molar-refractivity contribution in [2.45, 2.75) is 33.6 Å². The maximum atomic E-state index is 3.23. The first-order valence-electron chi connectivity index (χ1n) is 4.28. The predicted octanol–water partition coefficient (Wildman–Crippen LogP) is 2.92. The molecule has 0 N–H and O–H groups in total. The third kappa shape index (κ3) is 1.62. The van der Waals surface area contributed by atoms with E-state index in [-0.39, 0.29) is 0 Å². The van der Waals surface area contributed by atoms with Crippen LogP contribution in [0.15, 0.2) is 12.1 Å². The van der Waals surface area contributed by atoms with Crippen molar-refractivity contribution < 1.29 is 0 Å². The molecule has 0 unspecified atom stereocenters. The summed E-state index contributed by atoms with van der Waals surface area (Å²) in [7, 11) is 0. The Hall–Kier alpha value is -0.780. The summed E-state index contributed by atoms with van der Waals surface area (Å²) in [5, 5.41) is 0. The summed E-state index contributed by atoms with van der Waals surface area (Å²) in [6.45, 7) is 6.54. The largest absolute Gasteiger partial charge is 0.0613 e. The molecule has 0 aliphatic carbocycles. The van der Waals surface area contributed by atoms with Gasteiger partial charge in [-0.2, -0.15) is 0 Å². The molecule has 0 spiro atoms. The molecule has 1 aromatic carbocycles. The van der Waals surface area contributed by atoms with Gasteiger partial charge in [0.05, 0.1) is 0 Å². The van der Waals surface area contributed by atoms with Crippen LogP contribution in [0.5, 0.6) is 0 Å². The standard InChI is InChI=1S/C11H15/c1-4-10-8-6-7-9(3)11(10)5-2/h6,8H,4-5H2,1-3H3. The van der Waals surface area contributed by atoms with Gasteiger partial charge < -0.3 is 0 Å². The highest BCUT2D eigenvalue weighted by molar-refractivity contribution is 5.33. The van der Waals surface area contributed by atoms with Crippen molar-refractivity contribution in [3.8, 4) is 0 Å². The Labute approximate surface area is 69.3 Å². The van der Waals surface area contributed by atoms with E-state index in [1.807, 2.05) is 6.07 Å². The zero-order valence-electron chi connectivity index (χ0n) is 7.57. The lowest BCUT2D eigenvalue weighted by molar-refractivity contribution is 1.02. The van der Waals surface area contributed by atoms with Crippen molar-refractivity contribution in [3.63, 3.8) is 0 Å². The summed E-state index contributed by atoms with van der Waals surface area (Å²) in [6, 6.07) is 7.42. The summed E-state index contributed by atoms with van der Waals surface area (Å²) >= 11 is 0. The van der Waals surface area contributed by atoms with E-state index in [1.54, 1.807) is 0 Å². The van der Waals surface area contributed by atoms with Gasteiger partial charge in [-0.25, -0.2) is 0 Å². The molecule has 1 radical (unpaired) electrons. The van der Waals surface area contributed by atoms with Crippen LogP contribution in [0.3, 0.4) is 0 Å². The van der Waals surface area contributed by atoms with Crippen LogP contribution in [0.25, 0.3) is 0 Å². The van der Waals surface area contributed by atoms with E-state index in [0.29, 0.717) is 0 Å². The zero-order valence-corrected chi connectivity index (χ0v) is 7.57. The molecule has 0 saturated carbocycles. The van der Waals surface area contributed by atoms with Gasteiger partial charge in [0.1, 0.15) is 0 Å². The summed E-state index contributed by atoms with van der Waals surface area (Å²) in [5.41, 5.74) is 4.27. The molecule has 0 bridgehead atoms. The average molecular weight is 147 g/mol. The highest BCUT2D eigenvalue weighted by atomic mass is 14.0. The molecule has 0 fully saturated rings. The Morgan fingerprint density at radius 1 is 1.27 bits per heavy atom. The molecule has 0 aromatic heterocycles. The molecule has 0 aliphatic heterocycles. The van der Waals surface area contributed by atoms with Gasteiger partial charge in [0.25, 0.3) is 0 Å². The topological polar surface area (TPSA) is 0 Å². The van der Waals surface area contributed by atoms with Crippen molar-refractivity contribution in [2.75, 3.05) is 0 Å². The Morgan fingerprint density at radius 3 is 2.45 bits per heavy atom. The first-order chi connectivity index (χ1) is 5.29. The summed E-state index contributed by atoms with van der Waals surface area (Å²) in [4.78, 5) is 0. The fourth-order valence-corrected chi connectivity index (χ4v) is 1.52. The van der Waals surface area contributed by atoms with Crippen molar-refractivity contribution in [1.29, 1.82) is 0 Å². The molecule has 0 atom stereocenters. The van der Waals surface area contributed by atoms with Gasteiger partial charge in [-0.3, -0.25) is 0 Å². The van der Waals surface area contributed by atoms with Gasteiger partial charge in [0.2, 0.25) is 0 Å². The van der Waals surface area contributed by atoms with Gasteiger partial charge in [0, 0.05) is 0 Å². The molecule has 1 aromatic rings. The monoisotopic (exact) mass is 147 g/mol. The molecule has 0 heterocycles. The minimum Gasteiger partial charge on any atom is -0.0613 e. The first-order valence-corrected chi connectivity index (χ1v) is 4.28. The third-order valence-electron chi connectivity index (χ3n) is 2.16. The van der Waals surface area contributed by atoms with Crippen LogP contribution < -0.4 is 0 Å². The second kappa shape index (κ2) is 3.56. The maximum absolute atomic E-state index is 3.23. The molecule has 0 heteroatoms. The van der Waals surface area contributed by atoms with E-state index >= 15 is 0 Å². The van der Waals surface area contributed by atoms with Crippen molar-refractivity contribution in [3.05, 3.63) is 34.9 Å². The molecule has 1 rings (SSSR count). The Balaban J connectivity index is 3.13. The van der Waals surface area contributed by atoms with Crippen molar-refractivity contribution >= 4 is 0 Å². The van der Waals surface area contributed by atoms with E-state index < -0.39 is 0 Å². The van der Waals surface area contributed by atoms with Crippen LogP contribution in [0.1, 0.15) is 30.5 Å². The quantitative estimate of drug-likeness (QED) is 0.603. The zero-order chi connectivity index (χ0) is 8.27. The van der Waals surface area contributed by atoms with Gasteiger partial charge in [-0.1, -0.05) is 26.0 Å². The van der Waals surface area contributed by atoms with Crippen LogP contribution >= 0.6 is 0 Å². The molecule has 0 amide bonds. The Morgan fingerprint density at radius 2 is 2.00 bits per heavy atom. The smallest absolute Gasteiger partial charge is 0.0149 e. The Bertz CT molecular complexity index is 236. The van der Waals surface area contributed by atoms with E-state index in [9.17, 15) is 0 Å². The van der Waals surface area contributed by atoms with E-state index in [4.69, 9.17) is 0 Å². The SMILES string of the molecule is CCc1cc[c]c(C)c1CC. The normalized spacial score (nSPS) is 10.1. The van der Waals surface area contributed by atoms with Crippen LogP contribution in [-0.2, 0) is 12.8 Å². The van der Waals surface area contributed by atoms with Gasteiger partial charge >= 0.3 is 0 Å². The van der Waals surface area contributed by atoms with Crippen molar-refractivity contribution in [1.82, 2.24) is 0 Å². The maximum Gasteiger partial charge on any atom is -0.0149 e. The van der Waals surface area contributed by atoms with E-state index in [2.05, 4.69) is 32.9 Å². The number of hydrogen-bond acceptors (Lipinski definition) is 0. The van der Waals surface area contributed by atoms with Crippen LogP contribution in [0.4, 0.5) is 0 Å². The lowest BCUT2D eigenvalue weighted by Gasteiger charge is -2.07. The average Bonchev–Trinajstić information content (AvgIpc) is 2.04. The third-order valence-corrected chi connectivity index (χ3v) is 2.16. The molecule has 0 aliphatic rings. The molecule has 0 nitrogen and oxygen atoms in total. The van der Waals surface area contributed by atoms with Crippen LogP contribution in [0, 0.1) is 13.0 Å². The van der Waals surface area contributed by atoms with Crippen molar-refractivity contribution in [2.24, 2.45) is 0 Å². The molecular formula is C11H15. The summed E-state index contributed by atoms with van der Waals surface area (Å²) in [6.07, 6.45) is 2.27. The van der Waals surface area contributed by atoms with Gasteiger partial charge in [0.15, 0.2) is 0 Å². The minimum absolute atomic E-state index is 1.13. The molecular weight excluding hydrogens is 132 g/mol. The van der Waals surface area contributed by atoms with Crippen LogP contribution in [0.2, 0.25) is 0 Å². The number of benzene rings is 1. The molecule has 0 saturated heterocycles. The predicted molar refractivity (Wildman–Crippen MR) is 48.8 cm³/mol. The number of aryl methyl sites for hydroxylation is 2. The minimum atomic E-state index is 1.13. The Kier molecular flexibility index (Phi) is 2.70. The highest BCUT2D eigenvalue weighted by Gasteiger charge is 2.00. The van der Waals surface area contributed by atoms with Gasteiger partial charge in [-0.05, 0) is 42.5 Å². The number of hydrogen-bond donors (Lipinski definition) is 0. The first kappa shape index (κ1) is 8.32. The fraction of sp³-hybridized carbons (Fsp3) is 0.455. The summed E-state index contributed by atoms with van der Waals surface area (Å²) < 4.78 is 0. The lowest BCUT2D eigenvalue weighted by Crippen LogP contribution is -1.93. The van der Waals surface area contributed by atoms with E-state index in [1.165, 1.54) is 16.7 Å². The van der Waals surface area contributed by atoms with E-state index in [0.717, 1.165) is 12.8 Å². The van der Waals surface area contributed by atoms with Crippen LogP contribution in [-0.4, -0.2) is 0 Å². The van der Waals surface area contributed by atoms with Gasteiger partial charge in [-0.15, -0.1) is 0 Å². The summed E-state index contributed by atoms with van der Waals surface area (Å²) in [5.74, 6) is 0. The second-order valence-corrected chi connectivity index (χ2v) is 2.81.